The Morgan fingerprint density at radius 2 is 2.14 bits per heavy atom. The molecule has 80 valence electrons. The van der Waals surface area contributed by atoms with E-state index in [0.29, 0.717) is 29.5 Å². The van der Waals surface area contributed by atoms with Gasteiger partial charge in [-0.15, -0.1) is 0 Å². The lowest BCUT2D eigenvalue weighted by molar-refractivity contribution is -0.121. The van der Waals surface area contributed by atoms with E-state index in [1.54, 1.807) is 0 Å². The quantitative estimate of drug-likeness (QED) is 0.627. The van der Waals surface area contributed by atoms with Gasteiger partial charge < -0.3 is 0 Å². The van der Waals surface area contributed by atoms with Crippen molar-refractivity contribution in [2.75, 3.05) is 0 Å². The molecule has 1 nitrogen and oxygen atoms in total. The Morgan fingerprint density at radius 3 is 2.64 bits per heavy atom. The second kappa shape index (κ2) is 4.29. The molecule has 0 saturated carbocycles. The third-order valence-corrected chi connectivity index (χ3v) is 3.56. The van der Waals surface area contributed by atoms with Crippen molar-refractivity contribution in [3.63, 3.8) is 0 Å². The minimum atomic E-state index is 0.291. The predicted molar refractivity (Wildman–Crippen MR) is 60.1 cm³/mol. The van der Waals surface area contributed by atoms with Crippen LogP contribution in [0.3, 0.4) is 0 Å². The summed E-state index contributed by atoms with van der Waals surface area (Å²) in [5.74, 6) is 1.49. The number of hydrogen-bond acceptors (Lipinski definition) is 1. The number of carbonyl (C=O) groups excluding carboxylic acids is 1. The molecule has 0 radical (unpaired) electrons. The largest absolute Gasteiger partial charge is 0.300 e. The highest BCUT2D eigenvalue weighted by Crippen LogP contribution is 2.42. The van der Waals surface area contributed by atoms with Gasteiger partial charge in [0.1, 0.15) is 5.78 Å². The van der Waals surface area contributed by atoms with Crippen molar-refractivity contribution >= 4 is 5.78 Å². The Kier molecular flexibility index (Phi) is 3.52. The zero-order chi connectivity index (χ0) is 10.8. The summed E-state index contributed by atoms with van der Waals surface area (Å²) in [5.41, 5.74) is 0.291. The van der Waals surface area contributed by atoms with Gasteiger partial charge in [-0.3, -0.25) is 4.79 Å². The molecule has 0 spiro atoms. The lowest BCUT2D eigenvalue weighted by Gasteiger charge is -2.39. The zero-order valence-electron chi connectivity index (χ0n) is 9.84. The molecule has 1 rings (SSSR count). The zero-order valence-corrected chi connectivity index (χ0v) is 9.84. The molecule has 0 heterocycles. The highest BCUT2D eigenvalue weighted by molar-refractivity contribution is 5.78. The van der Waals surface area contributed by atoms with Crippen LogP contribution in [-0.4, -0.2) is 5.78 Å². The van der Waals surface area contributed by atoms with Crippen LogP contribution in [0.2, 0.25) is 0 Å². The second-order valence-corrected chi connectivity index (χ2v) is 5.18. The van der Waals surface area contributed by atoms with Crippen LogP contribution in [0.15, 0.2) is 12.2 Å². The normalized spacial score (nSPS) is 30.3. The third kappa shape index (κ3) is 2.46. The topological polar surface area (TPSA) is 17.1 Å². The van der Waals surface area contributed by atoms with Crippen molar-refractivity contribution in [2.45, 2.75) is 47.0 Å². The third-order valence-electron chi connectivity index (χ3n) is 3.56. The molecule has 0 bridgehead atoms. The summed E-state index contributed by atoms with van der Waals surface area (Å²) in [6, 6.07) is 0. The number of allylic oxidation sites excluding steroid dienone is 2. The van der Waals surface area contributed by atoms with Gasteiger partial charge in [0.25, 0.3) is 0 Å². The number of rotatable bonds is 3. The van der Waals surface area contributed by atoms with Gasteiger partial charge in [0.15, 0.2) is 0 Å². The first-order chi connectivity index (χ1) is 6.47. The fourth-order valence-corrected chi connectivity index (χ4v) is 2.44. The molecule has 0 aliphatic heterocycles. The van der Waals surface area contributed by atoms with E-state index in [1.165, 1.54) is 0 Å². The Morgan fingerprint density at radius 1 is 1.50 bits per heavy atom. The van der Waals surface area contributed by atoms with E-state index in [0.717, 1.165) is 12.8 Å². The minimum absolute atomic E-state index is 0.291. The monoisotopic (exact) mass is 194 g/mol. The number of ketones is 1. The molecule has 0 aromatic carbocycles. The van der Waals surface area contributed by atoms with Crippen molar-refractivity contribution in [3.8, 4) is 0 Å². The Balaban J connectivity index is 2.72. The van der Waals surface area contributed by atoms with Crippen LogP contribution < -0.4 is 0 Å². The Labute approximate surface area is 87.6 Å². The van der Waals surface area contributed by atoms with E-state index in [4.69, 9.17) is 0 Å². The first kappa shape index (κ1) is 11.5. The summed E-state index contributed by atoms with van der Waals surface area (Å²) in [6.07, 6.45) is 7.08. The molecule has 0 saturated heterocycles. The van der Waals surface area contributed by atoms with Crippen LogP contribution in [0.1, 0.15) is 47.0 Å². The van der Waals surface area contributed by atoms with Gasteiger partial charge in [0, 0.05) is 12.8 Å². The second-order valence-electron chi connectivity index (χ2n) is 5.18. The van der Waals surface area contributed by atoms with Gasteiger partial charge >= 0.3 is 0 Å². The molecule has 14 heavy (non-hydrogen) atoms. The summed E-state index contributed by atoms with van der Waals surface area (Å²) in [4.78, 5) is 11.5. The molecule has 0 aromatic heterocycles. The summed E-state index contributed by atoms with van der Waals surface area (Å²) in [6.45, 7) is 8.74. The maximum Gasteiger partial charge on any atom is 0.132 e. The van der Waals surface area contributed by atoms with E-state index < -0.39 is 0 Å². The first-order valence-electron chi connectivity index (χ1n) is 5.65. The van der Waals surface area contributed by atoms with Crippen LogP contribution in [0.25, 0.3) is 0 Å². The van der Waals surface area contributed by atoms with E-state index in [2.05, 4.69) is 32.9 Å². The van der Waals surface area contributed by atoms with E-state index in [1.807, 2.05) is 6.92 Å². The maximum absolute atomic E-state index is 11.5. The van der Waals surface area contributed by atoms with Crippen LogP contribution >= 0.6 is 0 Å². The standard InChI is InChI=1S/C13H22O/c1-5-11(14)9-12-10(2)7-6-8-13(12,3)4/h6-7,10,12H,5,8-9H2,1-4H3. The van der Waals surface area contributed by atoms with Crippen LogP contribution in [-0.2, 0) is 4.79 Å². The van der Waals surface area contributed by atoms with Crippen molar-refractivity contribution in [2.24, 2.45) is 17.3 Å². The smallest absolute Gasteiger partial charge is 0.132 e. The SMILES string of the molecule is CCC(=O)CC1C(C)C=CCC1(C)C. The molecule has 2 atom stereocenters. The van der Waals surface area contributed by atoms with Crippen molar-refractivity contribution in [3.05, 3.63) is 12.2 Å². The molecule has 1 aliphatic rings. The average molecular weight is 194 g/mol. The number of hydrogen-bond donors (Lipinski definition) is 0. The predicted octanol–water partition coefficient (Wildman–Crippen LogP) is 3.59. The minimum Gasteiger partial charge on any atom is -0.300 e. The molecular weight excluding hydrogens is 172 g/mol. The molecule has 1 heteroatoms. The molecule has 1 aliphatic carbocycles. The van der Waals surface area contributed by atoms with Gasteiger partial charge in [-0.1, -0.05) is 39.8 Å². The highest BCUT2D eigenvalue weighted by Gasteiger charge is 2.35. The molecule has 0 fully saturated rings. The fourth-order valence-electron chi connectivity index (χ4n) is 2.44. The van der Waals surface area contributed by atoms with Crippen LogP contribution in [0.4, 0.5) is 0 Å². The average Bonchev–Trinajstić information content (AvgIpc) is 2.11. The first-order valence-corrected chi connectivity index (χ1v) is 5.65. The van der Waals surface area contributed by atoms with Gasteiger partial charge in [-0.05, 0) is 23.7 Å². The van der Waals surface area contributed by atoms with E-state index >= 15 is 0 Å². The summed E-state index contributed by atoms with van der Waals surface area (Å²) < 4.78 is 0. The summed E-state index contributed by atoms with van der Waals surface area (Å²) >= 11 is 0. The Bertz CT molecular complexity index is 238. The highest BCUT2D eigenvalue weighted by atomic mass is 16.1. The van der Waals surface area contributed by atoms with Gasteiger partial charge in [-0.2, -0.15) is 0 Å². The molecular formula is C13H22O. The molecule has 0 aromatic rings. The van der Waals surface area contributed by atoms with Crippen molar-refractivity contribution in [1.29, 1.82) is 0 Å². The lowest BCUT2D eigenvalue weighted by atomic mass is 9.65. The van der Waals surface area contributed by atoms with Crippen molar-refractivity contribution in [1.82, 2.24) is 0 Å². The molecule has 2 unspecified atom stereocenters. The van der Waals surface area contributed by atoms with Crippen LogP contribution in [0.5, 0.6) is 0 Å². The van der Waals surface area contributed by atoms with E-state index in [9.17, 15) is 4.79 Å². The molecule has 0 N–H and O–H groups in total. The van der Waals surface area contributed by atoms with Gasteiger partial charge in [0.05, 0.1) is 0 Å². The lowest BCUT2D eigenvalue weighted by Crippen LogP contribution is -2.32. The number of carbonyl (C=O) groups is 1. The van der Waals surface area contributed by atoms with Gasteiger partial charge in [-0.25, -0.2) is 0 Å². The Hall–Kier alpha value is -0.590. The van der Waals surface area contributed by atoms with Crippen LogP contribution in [0, 0.1) is 17.3 Å². The maximum atomic E-state index is 11.5. The summed E-state index contributed by atoms with van der Waals surface area (Å²) in [7, 11) is 0. The van der Waals surface area contributed by atoms with Crippen molar-refractivity contribution < 1.29 is 4.79 Å². The number of Topliss-reactive ketones (excluding diaryl/α,β-unsaturated/α-hetero) is 1. The van der Waals surface area contributed by atoms with Gasteiger partial charge in [0.2, 0.25) is 0 Å². The fraction of sp³-hybridized carbons (Fsp3) is 0.769. The molecule has 0 amide bonds. The van der Waals surface area contributed by atoms with E-state index in [-0.39, 0.29) is 0 Å². The summed E-state index contributed by atoms with van der Waals surface area (Å²) in [5, 5.41) is 0.